The molecule has 0 N–H and O–H groups in total. The van der Waals surface area contributed by atoms with E-state index < -0.39 is 11.6 Å². The van der Waals surface area contributed by atoms with Crippen molar-refractivity contribution in [2.45, 2.75) is 79.5 Å². The number of carbonyl (C=O) groups excluding carboxylic acids is 1. The van der Waals surface area contributed by atoms with E-state index in [0.29, 0.717) is 5.02 Å². The summed E-state index contributed by atoms with van der Waals surface area (Å²) in [6.07, 6.45) is 0.107. The molecule has 6 nitrogen and oxygen atoms in total. The van der Waals surface area contributed by atoms with Gasteiger partial charge in [-0.2, -0.15) is 4.57 Å². The van der Waals surface area contributed by atoms with Gasteiger partial charge in [-0.05, 0) is 66.2 Å². The van der Waals surface area contributed by atoms with E-state index in [-0.39, 0.29) is 18.4 Å². The third-order valence-electron chi connectivity index (χ3n) is 5.87. The van der Waals surface area contributed by atoms with Crippen molar-refractivity contribution in [3.63, 3.8) is 0 Å². The first kappa shape index (κ1) is 24.6. The Morgan fingerprint density at radius 3 is 2.44 bits per heavy atom. The highest BCUT2D eigenvalue weighted by Crippen LogP contribution is 2.36. The number of aryl methyl sites for hydroxylation is 1. The summed E-state index contributed by atoms with van der Waals surface area (Å²) >= 11 is 7.92. The van der Waals surface area contributed by atoms with Crippen molar-refractivity contribution in [3.05, 3.63) is 62.5 Å². The van der Waals surface area contributed by atoms with Crippen LogP contribution in [0.5, 0.6) is 0 Å². The van der Waals surface area contributed by atoms with Crippen LogP contribution in [0, 0.1) is 20.8 Å². The Kier molecular flexibility index (Phi) is 6.46. The molecule has 3 heterocycles. The molecule has 0 amide bonds. The van der Waals surface area contributed by atoms with Gasteiger partial charge in [0.2, 0.25) is 5.82 Å². The van der Waals surface area contributed by atoms with Gasteiger partial charge in [0, 0.05) is 27.5 Å². The fraction of sp³-hybridized carbons (Fsp3) is 0.462. The van der Waals surface area contributed by atoms with Crippen LogP contribution in [-0.2, 0) is 9.53 Å². The van der Waals surface area contributed by atoms with E-state index in [1.54, 1.807) is 11.3 Å². The number of esters is 1. The number of nitrogens with zero attached hydrogens (tertiary/aromatic N) is 4. The standard InChI is InChI=1S/C26H32ClN4O2S/c1-14(2)31-17(5)30-24(29-31)20(13-21(32)33-26(6,7)8)28-23(18-9-11-19(27)12-10-18)22-15(3)16(4)34-25(22)30/h9-12,14,20H,13H2,1-8H3/q+1/t20-/m0/s1. The number of aliphatic imine (C=N–C) groups is 1. The van der Waals surface area contributed by atoms with E-state index in [0.717, 1.165) is 33.5 Å². The van der Waals surface area contributed by atoms with E-state index in [4.69, 9.17) is 26.4 Å². The maximum Gasteiger partial charge on any atom is 0.309 e. The number of benzene rings is 1. The minimum absolute atomic E-state index is 0.107. The fourth-order valence-electron chi connectivity index (χ4n) is 4.28. The molecular formula is C26H32ClN4O2S+. The van der Waals surface area contributed by atoms with Crippen LogP contribution in [0.1, 0.15) is 86.3 Å². The molecule has 0 spiro atoms. The van der Waals surface area contributed by atoms with Gasteiger partial charge in [0.15, 0.2) is 11.0 Å². The smallest absolute Gasteiger partial charge is 0.309 e. The maximum atomic E-state index is 12.9. The Morgan fingerprint density at radius 2 is 1.85 bits per heavy atom. The van der Waals surface area contributed by atoms with Gasteiger partial charge in [-0.25, -0.2) is 0 Å². The second kappa shape index (κ2) is 8.93. The van der Waals surface area contributed by atoms with Crippen LogP contribution >= 0.6 is 22.9 Å². The van der Waals surface area contributed by atoms with Crippen molar-refractivity contribution in [1.29, 1.82) is 0 Å². The van der Waals surface area contributed by atoms with Gasteiger partial charge >= 0.3 is 11.8 Å². The van der Waals surface area contributed by atoms with Crippen LogP contribution in [0.15, 0.2) is 29.3 Å². The van der Waals surface area contributed by atoms with Crippen molar-refractivity contribution in [1.82, 2.24) is 9.78 Å². The summed E-state index contributed by atoms with van der Waals surface area (Å²) in [5, 5.41) is 6.72. The summed E-state index contributed by atoms with van der Waals surface area (Å²) in [5.74, 6) is 1.47. The van der Waals surface area contributed by atoms with Crippen molar-refractivity contribution in [2.75, 3.05) is 0 Å². The summed E-state index contributed by atoms with van der Waals surface area (Å²) in [6, 6.07) is 7.40. The summed E-state index contributed by atoms with van der Waals surface area (Å²) in [6.45, 7) is 16.2. The quantitative estimate of drug-likeness (QED) is 0.326. The molecule has 2 aromatic heterocycles. The lowest BCUT2D eigenvalue weighted by molar-refractivity contribution is -0.609. The van der Waals surface area contributed by atoms with Crippen LogP contribution in [0.25, 0.3) is 5.00 Å². The summed E-state index contributed by atoms with van der Waals surface area (Å²) in [7, 11) is 0. The third-order valence-corrected chi connectivity index (χ3v) is 7.32. The fourth-order valence-corrected chi connectivity index (χ4v) is 5.62. The Labute approximate surface area is 210 Å². The van der Waals surface area contributed by atoms with Crippen LogP contribution in [-0.4, -0.2) is 27.1 Å². The highest BCUT2D eigenvalue weighted by atomic mass is 35.5. The predicted octanol–water partition coefficient (Wildman–Crippen LogP) is 6.00. The molecule has 1 aromatic carbocycles. The molecule has 0 saturated carbocycles. The molecule has 0 unspecified atom stereocenters. The Bertz CT molecular complexity index is 1280. The number of aromatic nitrogens is 3. The first-order valence-electron chi connectivity index (χ1n) is 11.5. The Balaban J connectivity index is 1.98. The van der Waals surface area contributed by atoms with Crippen LogP contribution in [0.2, 0.25) is 5.02 Å². The lowest BCUT2D eigenvalue weighted by Crippen LogP contribution is -2.38. The zero-order valence-corrected chi connectivity index (χ0v) is 22.6. The SMILES string of the molecule is Cc1sc2c(c1C)C(c1ccc(Cl)cc1)=N[C@@H](CC(=O)OC(C)(C)C)c1nn(C(C)C)c(C)[n+]1-2. The summed E-state index contributed by atoms with van der Waals surface area (Å²) < 4.78 is 9.86. The monoisotopic (exact) mass is 499 g/mol. The number of halogens is 1. The van der Waals surface area contributed by atoms with E-state index in [1.165, 1.54) is 10.4 Å². The van der Waals surface area contributed by atoms with E-state index >= 15 is 0 Å². The number of hydrogen-bond donors (Lipinski definition) is 0. The van der Waals surface area contributed by atoms with Crippen LogP contribution in [0.4, 0.5) is 0 Å². The number of rotatable bonds is 4. The number of carbonyl (C=O) groups is 1. The minimum Gasteiger partial charge on any atom is -0.460 e. The molecule has 1 atom stereocenters. The molecule has 0 radical (unpaired) electrons. The first-order valence-corrected chi connectivity index (χ1v) is 12.7. The molecule has 180 valence electrons. The van der Waals surface area contributed by atoms with Crippen molar-refractivity contribution in [2.24, 2.45) is 4.99 Å². The Morgan fingerprint density at radius 1 is 1.21 bits per heavy atom. The van der Waals surface area contributed by atoms with E-state index in [1.807, 2.05) is 49.7 Å². The average molecular weight is 500 g/mol. The molecule has 8 heteroatoms. The number of ether oxygens (including phenoxy) is 1. The highest BCUT2D eigenvalue weighted by Gasteiger charge is 2.40. The van der Waals surface area contributed by atoms with Gasteiger partial charge in [-0.15, -0.1) is 16.0 Å². The average Bonchev–Trinajstić information content (AvgIpc) is 3.17. The number of thiophene rings is 1. The molecule has 34 heavy (non-hydrogen) atoms. The van der Waals surface area contributed by atoms with Gasteiger partial charge in [0.05, 0.1) is 17.7 Å². The topological polar surface area (TPSA) is 60.4 Å². The van der Waals surface area contributed by atoms with E-state index in [2.05, 4.69) is 39.2 Å². The molecule has 0 aliphatic carbocycles. The summed E-state index contributed by atoms with van der Waals surface area (Å²) in [4.78, 5) is 19.4. The van der Waals surface area contributed by atoms with Gasteiger partial charge in [0.1, 0.15) is 11.6 Å². The molecule has 0 fully saturated rings. The second-order valence-corrected chi connectivity index (χ2v) is 11.7. The van der Waals surface area contributed by atoms with Gasteiger partial charge in [0.25, 0.3) is 0 Å². The van der Waals surface area contributed by atoms with Crippen molar-refractivity contribution in [3.8, 4) is 5.00 Å². The van der Waals surface area contributed by atoms with E-state index in [9.17, 15) is 4.79 Å². The van der Waals surface area contributed by atoms with Gasteiger partial charge < -0.3 is 4.74 Å². The predicted molar refractivity (Wildman–Crippen MR) is 137 cm³/mol. The zero-order valence-electron chi connectivity index (χ0n) is 21.1. The molecule has 0 bridgehead atoms. The molecule has 1 aliphatic heterocycles. The number of hydrogen-bond acceptors (Lipinski definition) is 5. The molecule has 1 aliphatic rings. The molecular weight excluding hydrogens is 468 g/mol. The maximum absolute atomic E-state index is 12.9. The highest BCUT2D eigenvalue weighted by molar-refractivity contribution is 7.14. The van der Waals surface area contributed by atoms with Gasteiger partial charge in [-0.3, -0.25) is 9.79 Å². The number of fused-ring (bicyclic) bond motifs is 3. The van der Waals surface area contributed by atoms with Crippen LogP contribution < -0.4 is 4.57 Å². The lowest BCUT2D eigenvalue weighted by Gasteiger charge is -2.20. The van der Waals surface area contributed by atoms with Gasteiger partial charge in [-0.1, -0.05) is 23.7 Å². The molecule has 3 aromatic rings. The first-order chi connectivity index (χ1) is 15.9. The Hall–Kier alpha value is -2.51. The molecule has 0 saturated heterocycles. The lowest BCUT2D eigenvalue weighted by atomic mass is 9.99. The normalized spacial score (nSPS) is 15.6. The third kappa shape index (κ3) is 4.56. The minimum atomic E-state index is -0.569. The van der Waals surface area contributed by atoms with Crippen molar-refractivity contribution >= 4 is 34.6 Å². The largest absolute Gasteiger partial charge is 0.460 e. The second-order valence-electron chi connectivity index (χ2n) is 10.0. The zero-order chi connectivity index (χ0) is 24.9. The van der Waals surface area contributed by atoms with Crippen molar-refractivity contribution < 1.29 is 14.1 Å². The van der Waals surface area contributed by atoms with Crippen LogP contribution in [0.3, 0.4) is 0 Å². The molecule has 4 rings (SSSR count). The summed E-state index contributed by atoms with van der Waals surface area (Å²) in [5.41, 5.74) is 3.50.